The highest BCUT2D eigenvalue weighted by Gasteiger charge is 2.50. The molecule has 5 atom stereocenters. The van der Waals surface area contributed by atoms with Gasteiger partial charge in [-0.2, -0.15) is 0 Å². The minimum atomic E-state index is -2.43. The Hall–Kier alpha value is -6.18. The van der Waals surface area contributed by atoms with Gasteiger partial charge in [-0.3, -0.25) is 34.0 Å². The number of esters is 1. The maximum atomic E-state index is 16.3. The van der Waals surface area contributed by atoms with Crippen molar-refractivity contribution < 1.29 is 42.3 Å². The number of fused-ring (bicyclic) bond motifs is 6. The second-order valence-electron chi connectivity index (χ2n) is 21.0. The summed E-state index contributed by atoms with van der Waals surface area (Å²) in [6.45, 7) is 19.3. The largest absolute Gasteiger partial charge is 0.464 e. The molecule has 4 amide bonds. The van der Waals surface area contributed by atoms with Gasteiger partial charge in [0.15, 0.2) is 11.7 Å². The van der Waals surface area contributed by atoms with E-state index < -0.39 is 71.3 Å². The third kappa shape index (κ3) is 10.5. The zero-order chi connectivity index (χ0) is 51.8. The Kier molecular flexibility index (Phi) is 15.3. The van der Waals surface area contributed by atoms with Crippen LogP contribution in [0.4, 0.5) is 10.1 Å². The fourth-order valence-corrected chi connectivity index (χ4v) is 10.7. The second-order valence-corrected chi connectivity index (χ2v) is 21.0. The molecule has 0 aliphatic carbocycles. The van der Waals surface area contributed by atoms with Crippen molar-refractivity contribution in [1.29, 1.82) is 0 Å². The number of pyridine rings is 1. The number of aryl methyl sites for hydroxylation is 1. The Labute approximate surface area is 421 Å². The summed E-state index contributed by atoms with van der Waals surface area (Å²) in [4.78, 5) is 86.0. The van der Waals surface area contributed by atoms with E-state index in [4.69, 9.17) is 18.9 Å². The molecule has 6 bridgehead atoms. The van der Waals surface area contributed by atoms with Crippen LogP contribution in [0.2, 0.25) is 0 Å². The molecule has 1 unspecified atom stereocenters. The van der Waals surface area contributed by atoms with Crippen molar-refractivity contribution in [3.8, 4) is 22.6 Å². The highest BCUT2D eigenvalue weighted by molar-refractivity contribution is 5.97. The Morgan fingerprint density at radius 2 is 1.82 bits per heavy atom. The number of likely N-dealkylation sites (tertiary alicyclic amines) is 1. The zero-order valence-corrected chi connectivity index (χ0v) is 43.3. The standard InChI is InChI=1S/C53H71FN10O8/c1-11-44(65)62-19-17-53(54,30-62)51(69)60(9)46(32(3)4)48(66)57-40-26-43-55-29-42(72-43)34-15-16-41-36(24-34)38(27-52(6,7)31-71-50(68)39-14-13-18-64(58-39)49(40)67)47(63(41)12-2)37-25-35(28-56-45(37)33(5)70-10)61-22-20-59(8)21-23-61/h11,15-16,24-25,28-29,32-33,39-40,46,58H,1,12-14,17-23,26-27,30-31H2,2-10H3,(H,57,66)/t33-,39-,40-,46?,53+/m0/s1. The monoisotopic (exact) mass is 995 g/mol. The normalized spacial score (nSPS) is 22.9. The van der Waals surface area contributed by atoms with E-state index in [0.29, 0.717) is 31.6 Å². The number of carbonyl (C=O) groups is 5. The maximum absolute atomic E-state index is 16.3. The van der Waals surface area contributed by atoms with Gasteiger partial charge in [0, 0.05) is 93.8 Å². The number of benzene rings is 1. The molecule has 3 saturated heterocycles. The van der Waals surface area contributed by atoms with Gasteiger partial charge < -0.3 is 43.4 Å². The van der Waals surface area contributed by atoms with Gasteiger partial charge in [-0.25, -0.2) is 14.8 Å². The summed E-state index contributed by atoms with van der Waals surface area (Å²) in [6, 6.07) is 5.01. The van der Waals surface area contributed by atoms with E-state index in [1.165, 1.54) is 17.0 Å². The van der Waals surface area contributed by atoms with E-state index in [2.05, 4.69) is 82.7 Å². The molecule has 0 radical (unpaired) electrons. The average Bonchev–Trinajstić information content (AvgIpc) is 4.10. The first kappa shape index (κ1) is 52.2. The van der Waals surface area contributed by atoms with Gasteiger partial charge in [-0.05, 0) is 82.0 Å². The van der Waals surface area contributed by atoms with Crippen molar-refractivity contribution in [3.63, 3.8) is 0 Å². The first-order valence-corrected chi connectivity index (χ1v) is 25.2. The fraction of sp³-hybridized carbons (Fsp3) is 0.566. The van der Waals surface area contributed by atoms with Crippen LogP contribution >= 0.6 is 0 Å². The van der Waals surface area contributed by atoms with Crippen LogP contribution in [0.15, 0.2) is 53.7 Å². The summed E-state index contributed by atoms with van der Waals surface area (Å²) in [5, 5.41) is 5.15. The van der Waals surface area contributed by atoms with Gasteiger partial charge in [0.1, 0.15) is 18.1 Å². The maximum Gasteiger partial charge on any atom is 0.324 e. The van der Waals surface area contributed by atoms with Crippen LogP contribution in [0.25, 0.3) is 33.5 Å². The Morgan fingerprint density at radius 1 is 1.07 bits per heavy atom. The van der Waals surface area contributed by atoms with Gasteiger partial charge in [0.2, 0.25) is 17.5 Å². The fourth-order valence-electron chi connectivity index (χ4n) is 10.7. The third-order valence-electron chi connectivity index (χ3n) is 14.8. The van der Waals surface area contributed by atoms with Gasteiger partial charge in [0.25, 0.3) is 11.8 Å². The van der Waals surface area contributed by atoms with Gasteiger partial charge in [-0.15, -0.1) is 0 Å². The molecule has 4 aromatic rings. The van der Waals surface area contributed by atoms with Crippen molar-refractivity contribution >= 4 is 46.2 Å². The van der Waals surface area contributed by atoms with Crippen molar-refractivity contribution in [1.82, 2.24) is 45.0 Å². The molecule has 4 aliphatic heterocycles. The van der Waals surface area contributed by atoms with Crippen LogP contribution < -0.4 is 15.6 Å². The number of likely N-dealkylation sites (N-methyl/N-ethyl adjacent to an activating group) is 2. The van der Waals surface area contributed by atoms with Crippen molar-refractivity contribution in [2.75, 3.05) is 78.5 Å². The number of halogens is 1. The van der Waals surface area contributed by atoms with E-state index in [-0.39, 0.29) is 44.5 Å². The van der Waals surface area contributed by atoms with E-state index in [1.54, 1.807) is 27.2 Å². The van der Waals surface area contributed by atoms with Gasteiger partial charge >= 0.3 is 5.97 Å². The van der Waals surface area contributed by atoms with E-state index >= 15 is 4.39 Å². The first-order valence-electron chi connectivity index (χ1n) is 25.2. The number of aromatic nitrogens is 3. The number of hydrazine groups is 1. The third-order valence-corrected chi connectivity index (χ3v) is 14.8. The molecule has 4 aliphatic rings. The highest BCUT2D eigenvalue weighted by Crippen LogP contribution is 2.43. The van der Waals surface area contributed by atoms with Crippen LogP contribution in [0.1, 0.15) is 84.1 Å². The number of anilines is 1. The number of rotatable bonds is 11. The summed E-state index contributed by atoms with van der Waals surface area (Å²) >= 11 is 0. The summed E-state index contributed by atoms with van der Waals surface area (Å²) in [5.74, 6) is -3.16. The van der Waals surface area contributed by atoms with Crippen LogP contribution in [-0.2, 0) is 52.8 Å². The van der Waals surface area contributed by atoms with E-state index in [0.717, 1.165) is 81.8 Å². The molecular formula is C53H71FN10O8. The number of hydrogen-bond acceptors (Lipinski definition) is 13. The SMILES string of the molecule is C=CC(=O)N1CC[C@](F)(C(=O)N(C)C(C(=O)N[C@H]2Cc3ncc(o3)-c3ccc4c(c3)c(c(-c3cc(N5CCN(C)CC5)cnc3[C@H](C)OC)n4CC)CC(C)(C)COC(=O)[C@@H]3CCCN(N3)C2=O)C(C)C)C1. The summed E-state index contributed by atoms with van der Waals surface area (Å²) in [6.07, 6.45) is 5.25. The summed E-state index contributed by atoms with van der Waals surface area (Å²) < 4.78 is 37.2. The lowest BCUT2D eigenvalue weighted by Gasteiger charge is -2.37. The number of amides is 4. The highest BCUT2D eigenvalue weighted by atomic mass is 19.1. The number of oxazole rings is 1. The minimum absolute atomic E-state index is 0.0174. The number of ether oxygens (including phenoxy) is 2. The van der Waals surface area contributed by atoms with Gasteiger partial charge in [-0.1, -0.05) is 34.3 Å². The number of cyclic esters (lactones) is 1. The van der Waals surface area contributed by atoms with Crippen molar-refractivity contribution in [2.45, 2.75) is 110 Å². The Balaban J connectivity index is 1.19. The number of piperazine rings is 1. The molecule has 72 heavy (non-hydrogen) atoms. The van der Waals surface area contributed by atoms with Crippen LogP contribution in [0.5, 0.6) is 0 Å². The lowest BCUT2D eigenvalue weighted by molar-refractivity contribution is -0.155. The predicted molar refractivity (Wildman–Crippen MR) is 270 cm³/mol. The van der Waals surface area contributed by atoms with Crippen molar-refractivity contribution in [3.05, 3.63) is 66.5 Å². The first-order chi connectivity index (χ1) is 34.3. The average molecular weight is 995 g/mol. The molecule has 0 saturated carbocycles. The number of hydrogen-bond donors (Lipinski definition) is 2. The van der Waals surface area contributed by atoms with Crippen molar-refractivity contribution in [2.24, 2.45) is 11.3 Å². The lowest BCUT2D eigenvalue weighted by atomic mass is 9.84. The van der Waals surface area contributed by atoms with Gasteiger partial charge in [0.05, 0.1) is 55.1 Å². The van der Waals surface area contributed by atoms with Crippen LogP contribution in [0.3, 0.4) is 0 Å². The summed E-state index contributed by atoms with van der Waals surface area (Å²) in [5.41, 5.74) is 6.64. The molecule has 1 aromatic carbocycles. The number of alkyl halides is 1. The quantitative estimate of drug-likeness (QED) is 0.150. The zero-order valence-electron chi connectivity index (χ0n) is 43.3. The number of nitrogens with zero attached hydrogens (tertiary/aromatic N) is 8. The van der Waals surface area contributed by atoms with Crippen LogP contribution in [-0.4, -0.2) is 161 Å². The predicted octanol–water partition coefficient (Wildman–Crippen LogP) is 5.10. The molecule has 3 aromatic heterocycles. The number of methoxy groups -OCH3 is 1. The van der Waals surface area contributed by atoms with E-state index in [1.807, 2.05) is 19.2 Å². The molecule has 388 valence electrons. The summed E-state index contributed by atoms with van der Waals surface area (Å²) in [7, 11) is 5.18. The van der Waals surface area contributed by atoms with Crippen LogP contribution in [0, 0.1) is 11.3 Å². The molecule has 8 rings (SSSR count). The topological polar surface area (TPSA) is 188 Å². The smallest absolute Gasteiger partial charge is 0.324 e. The number of carbonyl (C=O) groups excluding carboxylic acids is 5. The Bertz CT molecular complexity index is 2710. The molecular weight excluding hydrogens is 924 g/mol. The number of nitrogens with one attached hydrogen (secondary N) is 2. The van der Waals surface area contributed by atoms with E-state index in [9.17, 15) is 24.0 Å². The minimum Gasteiger partial charge on any atom is -0.464 e. The molecule has 2 N–H and O–H groups in total. The Morgan fingerprint density at radius 3 is 2.51 bits per heavy atom. The molecule has 0 spiro atoms. The molecule has 7 heterocycles. The molecule has 3 fully saturated rings. The molecule has 19 heteroatoms. The lowest BCUT2D eigenvalue weighted by Crippen LogP contribution is -2.62. The molecule has 18 nitrogen and oxygen atoms in total. The second kappa shape index (κ2) is 21.1.